The summed E-state index contributed by atoms with van der Waals surface area (Å²) in [4.78, 5) is 26.6. The molecular formula is C18H18N2O2. The van der Waals surface area contributed by atoms with Gasteiger partial charge in [0.05, 0.1) is 6.54 Å². The maximum atomic E-state index is 12.4. The van der Waals surface area contributed by atoms with E-state index in [4.69, 9.17) is 0 Å². The summed E-state index contributed by atoms with van der Waals surface area (Å²) >= 11 is 0. The molecule has 0 radical (unpaired) electrons. The summed E-state index contributed by atoms with van der Waals surface area (Å²) in [5, 5.41) is 2.88. The largest absolute Gasteiger partial charge is 0.353 e. The standard InChI is InChI=1S/C18H18N2O2/c21-16(14-7-3-1-4-8-14)13-20-12-11-19-18(22)17(20)15-9-5-2-6-10-15/h1-10,17H,11-13H2,(H,19,22). The van der Waals surface area contributed by atoms with Crippen LogP contribution in [-0.2, 0) is 4.79 Å². The predicted molar refractivity (Wildman–Crippen MR) is 84.5 cm³/mol. The second-order valence-electron chi connectivity index (χ2n) is 5.36. The molecule has 1 unspecified atom stereocenters. The number of carbonyl (C=O) groups excluding carboxylic acids is 2. The van der Waals surface area contributed by atoms with Gasteiger partial charge in [0.15, 0.2) is 5.78 Å². The van der Waals surface area contributed by atoms with E-state index in [1.165, 1.54) is 0 Å². The zero-order chi connectivity index (χ0) is 15.4. The SMILES string of the molecule is O=C(CN1CCNC(=O)C1c1ccccc1)c1ccccc1. The Morgan fingerprint density at radius 3 is 2.36 bits per heavy atom. The van der Waals surface area contributed by atoms with Gasteiger partial charge in [-0.1, -0.05) is 60.7 Å². The molecule has 1 fully saturated rings. The third kappa shape index (κ3) is 3.07. The van der Waals surface area contributed by atoms with Crippen LogP contribution in [0.1, 0.15) is 22.0 Å². The van der Waals surface area contributed by atoms with Crippen LogP contribution in [0.3, 0.4) is 0 Å². The fourth-order valence-electron chi connectivity index (χ4n) is 2.78. The average Bonchev–Trinajstić information content (AvgIpc) is 2.56. The molecule has 22 heavy (non-hydrogen) atoms. The van der Waals surface area contributed by atoms with Crippen molar-refractivity contribution in [3.8, 4) is 0 Å². The number of amides is 1. The van der Waals surface area contributed by atoms with Gasteiger partial charge in [-0.2, -0.15) is 0 Å². The number of nitrogens with zero attached hydrogens (tertiary/aromatic N) is 1. The molecule has 3 rings (SSSR count). The minimum atomic E-state index is -0.400. The van der Waals surface area contributed by atoms with Gasteiger partial charge in [0.1, 0.15) is 6.04 Å². The molecule has 112 valence electrons. The number of hydrogen-bond donors (Lipinski definition) is 1. The Kier molecular flexibility index (Phi) is 4.30. The lowest BCUT2D eigenvalue weighted by Gasteiger charge is -2.34. The molecule has 4 nitrogen and oxygen atoms in total. The van der Waals surface area contributed by atoms with Crippen molar-refractivity contribution in [1.82, 2.24) is 10.2 Å². The van der Waals surface area contributed by atoms with Gasteiger partial charge in [-0.3, -0.25) is 14.5 Å². The lowest BCUT2D eigenvalue weighted by molar-refractivity contribution is -0.128. The van der Waals surface area contributed by atoms with Crippen molar-refractivity contribution in [2.45, 2.75) is 6.04 Å². The Labute approximate surface area is 129 Å². The minimum Gasteiger partial charge on any atom is -0.353 e. The highest BCUT2D eigenvalue weighted by Crippen LogP contribution is 2.23. The molecule has 1 aliphatic heterocycles. The van der Waals surface area contributed by atoms with Gasteiger partial charge in [0.25, 0.3) is 0 Å². The van der Waals surface area contributed by atoms with Crippen molar-refractivity contribution >= 4 is 11.7 Å². The zero-order valence-electron chi connectivity index (χ0n) is 12.2. The molecule has 2 aromatic rings. The topological polar surface area (TPSA) is 49.4 Å². The molecule has 0 aromatic heterocycles. The van der Waals surface area contributed by atoms with Gasteiger partial charge >= 0.3 is 0 Å². The van der Waals surface area contributed by atoms with Gasteiger partial charge in [0.2, 0.25) is 5.91 Å². The second kappa shape index (κ2) is 6.54. The average molecular weight is 294 g/mol. The first-order valence-corrected chi connectivity index (χ1v) is 7.40. The van der Waals surface area contributed by atoms with Gasteiger partial charge < -0.3 is 5.32 Å². The summed E-state index contributed by atoms with van der Waals surface area (Å²) < 4.78 is 0. The van der Waals surface area contributed by atoms with E-state index in [1.807, 2.05) is 65.6 Å². The number of rotatable bonds is 4. The second-order valence-corrected chi connectivity index (χ2v) is 5.36. The van der Waals surface area contributed by atoms with Gasteiger partial charge in [0, 0.05) is 18.7 Å². The lowest BCUT2D eigenvalue weighted by atomic mass is 10.0. The number of Topliss-reactive ketones (excluding diaryl/α,β-unsaturated/α-hetero) is 1. The lowest BCUT2D eigenvalue weighted by Crippen LogP contribution is -2.51. The smallest absolute Gasteiger partial charge is 0.242 e. The number of nitrogens with one attached hydrogen (secondary N) is 1. The predicted octanol–water partition coefficient (Wildman–Crippen LogP) is 2.04. The summed E-state index contributed by atoms with van der Waals surface area (Å²) in [7, 11) is 0. The quantitative estimate of drug-likeness (QED) is 0.878. The molecule has 1 amide bonds. The third-order valence-corrected chi connectivity index (χ3v) is 3.87. The zero-order valence-corrected chi connectivity index (χ0v) is 12.2. The van der Waals surface area contributed by atoms with E-state index in [1.54, 1.807) is 0 Å². The van der Waals surface area contributed by atoms with E-state index < -0.39 is 6.04 Å². The van der Waals surface area contributed by atoms with E-state index in [-0.39, 0.29) is 18.2 Å². The highest BCUT2D eigenvalue weighted by molar-refractivity contribution is 5.98. The molecule has 1 aliphatic rings. The first kappa shape index (κ1) is 14.5. The van der Waals surface area contributed by atoms with Crippen LogP contribution in [0.4, 0.5) is 0 Å². The van der Waals surface area contributed by atoms with Crippen LogP contribution in [0.15, 0.2) is 60.7 Å². The summed E-state index contributed by atoms with van der Waals surface area (Å²) in [6, 6.07) is 18.4. The summed E-state index contributed by atoms with van der Waals surface area (Å²) in [6.07, 6.45) is 0. The Morgan fingerprint density at radius 1 is 1.05 bits per heavy atom. The van der Waals surface area contributed by atoms with Gasteiger partial charge in [-0.05, 0) is 5.56 Å². The first-order valence-electron chi connectivity index (χ1n) is 7.40. The number of benzene rings is 2. The number of ketones is 1. The van der Waals surface area contributed by atoms with Crippen LogP contribution in [-0.4, -0.2) is 36.2 Å². The molecule has 0 aliphatic carbocycles. The molecule has 0 bridgehead atoms. The van der Waals surface area contributed by atoms with Crippen LogP contribution in [0, 0.1) is 0 Å². The number of carbonyl (C=O) groups is 2. The molecule has 1 heterocycles. The number of hydrogen-bond acceptors (Lipinski definition) is 3. The summed E-state index contributed by atoms with van der Waals surface area (Å²) in [6.45, 7) is 1.49. The maximum Gasteiger partial charge on any atom is 0.242 e. The van der Waals surface area contributed by atoms with Crippen LogP contribution in [0.5, 0.6) is 0 Å². The van der Waals surface area contributed by atoms with Gasteiger partial charge in [-0.15, -0.1) is 0 Å². The minimum absolute atomic E-state index is 0.0382. The molecule has 4 heteroatoms. The van der Waals surface area contributed by atoms with E-state index in [9.17, 15) is 9.59 Å². The fraction of sp³-hybridized carbons (Fsp3) is 0.222. The van der Waals surface area contributed by atoms with Crippen molar-refractivity contribution in [2.75, 3.05) is 19.6 Å². The van der Waals surface area contributed by atoms with E-state index in [0.29, 0.717) is 18.7 Å². The summed E-state index contributed by atoms with van der Waals surface area (Å²) in [5.74, 6) is -0.00505. The number of piperazine rings is 1. The van der Waals surface area contributed by atoms with Crippen LogP contribution in [0.2, 0.25) is 0 Å². The third-order valence-electron chi connectivity index (χ3n) is 3.87. The Bertz CT molecular complexity index is 655. The fourth-order valence-corrected chi connectivity index (χ4v) is 2.78. The van der Waals surface area contributed by atoms with Crippen LogP contribution >= 0.6 is 0 Å². The normalized spacial score (nSPS) is 18.7. The molecule has 0 saturated carbocycles. The Balaban J connectivity index is 1.81. The monoisotopic (exact) mass is 294 g/mol. The van der Waals surface area contributed by atoms with E-state index in [2.05, 4.69) is 5.32 Å². The van der Waals surface area contributed by atoms with Crippen molar-refractivity contribution in [2.24, 2.45) is 0 Å². The van der Waals surface area contributed by atoms with E-state index in [0.717, 1.165) is 5.56 Å². The molecular weight excluding hydrogens is 276 g/mol. The van der Waals surface area contributed by atoms with Crippen LogP contribution in [0.25, 0.3) is 0 Å². The molecule has 1 N–H and O–H groups in total. The van der Waals surface area contributed by atoms with Gasteiger partial charge in [-0.25, -0.2) is 0 Å². The molecule has 1 saturated heterocycles. The Hall–Kier alpha value is -2.46. The molecule has 2 aromatic carbocycles. The Morgan fingerprint density at radius 2 is 1.68 bits per heavy atom. The highest BCUT2D eigenvalue weighted by atomic mass is 16.2. The first-order chi connectivity index (χ1) is 10.8. The maximum absolute atomic E-state index is 12.4. The van der Waals surface area contributed by atoms with Crippen molar-refractivity contribution in [3.63, 3.8) is 0 Å². The van der Waals surface area contributed by atoms with E-state index >= 15 is 0 Å². The van der Waals surface area contributed by atoms with Crippen molar-refractivity contribution in [1.29, 1.82) is 0 Å². The molecule has 0 spiro atoms. The highest BCUT2D eigenvalue weighted by Gasteiger charge is 2.32. The van der Waals surface area contributed by atoms with Crippen molar-refractivity contribution < 1.29 is 9.59 Å². The molecule has 1 atom stereocenters. The van der Waals surface area contributed by atoms with Crippen molar-refractivity contribution in [3.05, 3.63) is 71.8 Å². The van der Waals surface area contributed by atoms with Crippen LogP contribution < -0.4 is 5.32 Å². The summed E-state index contributed by atoms with van der Waals surface area (Å²) in [5.41, 5.74) is 1.60.